The highest BCUT2D eigenvalue weighted by Gasteiger charge is 2.24. The van der Waals surface area contributed by atoms with Crippen LogP contribution in [0.1, 0.15) is 28.0 Å². The number of rotatable bonds is 7. The number of carbonyl (C=O) groups excluding carboxylic acids is 1. The number of likely N-dealkylation sites (N-methyl/N-ethyl adjacent to an activating group) is 1. The van der Waals surface area contributed by atoms with Gasteiger partial charge in [0.15, 0.2) is 0 Å². The van der Waals surface area contributed by atoms with Gasteiger partial charge in [-0.3, -0.25) is 14.2 Å². The molecule has 7 nitrogen and oxygen atoms in total. The molecular formula is C29H28N2O5. The molecule has 1 atom stereocenters. The van der Waals surface area contributed by atoms with Gasteiger partial charge in [0.05, 0.1) is 17.7 Å². The maximum absolute atomic E-state index is 13.4. The molecular weight excluding hydrogens is 456 g/mol. The third-order valence-electron chi connectivity index (χ3n) is 6.52. The van der Waals surface area contributed by atoms with E-state index in [0.717, 1.165) is 40.1 Å². The normalized spacial score (nSPS) is 14.8. The number of aliphatic carboxylic acids is 1. The first-order valence-corrected chi connectivity index (χ1v) is 12.0. The Balaban J connectivity index is 1.29. The number of para-hydroxylation sites is 2. The Morgan fingerprint density at radius 1 is 1.06 bits per heavy atom. The average molecular weight is 485 g/mol. The number of ether oxygens (including phenoxy) is 2. The standard InChI is InChI=1S/C29H28N2O5/c1-19-16-24-20(12-15-28(32)33)6-5-8-25(24)31(19)29(34)21-10-13-22(14-11-21)35-18-23-17-30(2)26-7-3-4-9-27(26)36-23/h3-11,13-14,16,23H,12,15,17-18H2,1-2H3,(H,32,33)/t23-/m0/s1. The van der Waals surface area contributed by atoms with E-state index >= 15 is 0 Å². The van der Waals surface area contributed by atoms with Gasteiger partial charge in [0.25, 0.3) is 5.91 Å². The van der Waals surface area contributed by atoms with E-state index in [2.05, 4.69) is 4.90 Å². The minimum Gasteiger partial charge on any atom is -0.490 e. The zero-order chi connectivity index (χ0) is 25.2. The fourth-order valence-corrected chi connectivity index (χ4v) is 4.75. The molecule has 0 saturated heterocycles. The number of carboxylic acid groups (broad SMARTS) is 1. The average Bonchev–Trinajstić information content (AvgIpc) is 3.22. The fourth-order valence-electron chi connectivity index (χ4n) is 4.75. The first-order valence-electron chi connectivity index (χ1n) is 12.0. The number of hydrogen-bond donors (Lipinski definition) is 1. The molecule has 4 aromatic rings. The Kier molecular flexibility index (Phi) is 6.38. The van der Waals surface area contributed by atoms with Crippen molar-refractivity contribution in [3.8, 4) is 11.5 Å². The number of nitrogens with zero attached hydrogens (tertiary/aromatic N) is 2. The summed E-state index contributed by atoms with van der Waals surface area (Å²) in [5, 5.41) is 9.96. The third kappa shape index (κ3) is 4.64. The largest absolute Gasteiger partial charge is 0.490 e. The highest BCUT2D eigenvalue weighted by molar-refractivity contribution is 6.03. The molecule has 1 aliphatic heterocycles. The Bertz CT molecular complexity index is 1420. The molecule has 5 rings (SSSR count). The zero-order valence-corrected chi connectivity index (χ0v) is 20.3. The smallest absolute Gasteiger partial charge is 0.303 e. The number of carbonyl (C=O) groups is 2. The lowest BCUT2D eigenvalue weighted by Gasteiger charge is -2.33. The van der Waals surface area contributed by atoms with Gasteiger partial charge in [-0.1, -0.05) is 24.3 Å². The second-order valence-electron chi connectivity index (χ2n) is 9.09. The van der Waals surface area contributed by atoms with Crippen molar-refractivity contribution in [1.82, 2.24) is 4.57 Å². The lowest BCUT2D eigenvalue weighted by Crippen LogP contribution is -2.41. The quantitative estimate of drug-likeness (QED) is 0.401. The summed E-state index contributed by atoms with van der Waals surface area (Å²) in [5.41, 5.74) is 4.11. The predicted octanol–water partition coefficient (Wildman–Crippen LogP) is 4.93. The van der Waals surface area contributed by atoms with Gasteiger partial charge in [-0.15, -0.1) is 0 Å². The first kappa shape index (κ1) is 23.5. The van der Waals surface area contributed by atoms with Crippen LogP contribution in [0.2, 0.25) is 0 Å². The molecule has 1 aromatic heterocycles. The minimum absolute atomic E-state index is 0.0491. The van der Waals surface area contributed by atoms with E-state index in [4.69, 9.17) is 14.6 Å². The Hall–Kier alpha value is -4.26. The number of anilines is 1. The molecule has 3 aromatic carbocycles. The van der Waals surface area contributed by atoms with E-state index in [1.54, 1.807) is 28.8 Å². The van der Waals surface area contributed by atoms with Crippen molar-refractivity contribution in [2.24, 2.45) is 0 Å². The first-order chi connectivity index (χ1) is 17.4. The molecule has 0 spiro atoms. The molecule has 0 saturated carbocycles. The van der Waals surface area contributed by atoms with Crippen LogP contribution in [0.25, 0.3) is 10.9 Å². The second-order valence-corrected chi connectivity index (χ2v) is 9.09. The van der Waals surface area contributed by atoms with Gasteiger partial charge in [0.2, 0.25) is 0 Å². The van der Waals surface area contributed by atoms with Gasteiger partial charge in [0, 0.05) is 30.1 Å². The molecule has 0 bridgehead atoms. The zero-order valence-electron chi connectivity index (χ0n) is 20.3. The summed E-state index contributed by atoms with van der Waals surface area (Å²) in [5.74, 6) is 0.537. The van der Waals surface area contributed by atoms with E-state index in [9.17, 15) is 9.59 Å². The molecule has 1 N–H and O–H groups in total. The summed E-state index contributed by atoms with van der Waals surface area (Å²) in [4.78, 5) is 26.6. The van der Waals surface area contributed by atoms with Gasteiger partial charge in [0.1, 0.15) is 24.2 Å². The molecule has 0 radical (unpaired) electrons. The monoisotopic (exact) mass is 484 g/mol. The van der Waals surface area contributed by atoms with Crippen LogP contribution in [-0.4, -0.2) is 47.9 Å². The van der Waals surface area contributed by atoms with Crippen molar-refractivity contribution >= 4 is 28.5 Å². The van der Waals surface area contributed by atoms with Crippen LogP contribution in [0.3, 0.4) is 0 Å². The number of hydrogen-bond acceptors (Lipinski definition) is 5. The number of fused-ring (bicyclic) bond motifs is 2. The molecule has 0 amide bonds. The summed E-state index contributed by atoms with van der Waals surface area (Å²) in [7, 11) is 2.04. The number of aromatic nitrogens is 1. The Morgan fingerprint density at radius 3 is 2.61 bits per heavy atom. The molecule has 7 heteroatoms. The number of carboxylic acids is 1. The summed E-state index contributed by atoms with van der Waals surface area (Å²) in [6, 6.07) is 22.7. The van der Waals surface area contributed by atoms with Crippen molar-refractivity contribution in [1.29, 1.82) is 0 Å². The summed E-state index contributed by atoms with van der Waals surface area (Å²) < 4.78 is 13.7. The van der Waals surface area contributed by atoms with Crippen molar-refractivity contribution < 1.29 is 24.2 Å². The minimum atomic E-state index is -0.839. The van der Waals surface area contributed by atoms with Crippen molar-refractivity contribution in [2.75, 3.05) is 25.1 Å². The van der Waals surface area contributed by atoms with Crippen molar-refractivity contribution in [3.63, 3.8) is 0 Å². The van der Waals surface area contributed by atoms with Crippen molar-refractivity contribution in [2.45, 2.75) is 25.9 Å². The topological polar surface area (TPSA) is 81.0 Å². The Morgan fingerprint density at radius 2 is 1.83 bits per heavy atom. The van der Waals surface area contributed by atoms with Crippen LogP contribution in [0.5, 0.6) is 11.5 Å². The van der Waals surface area contributed by atoms with E-state index in [1.165, 1.54) is 0 Å². The van der Waals surface area contributed by atoms with E-state index in [1.807, 2.05) is 62.5 Å². The molecule has 184 valence electrons. The van der Waals surface area contributed by atoms with E-state index in [-0.39, 0.29) is 18.4 Å². The number of aryl methyl sites for hydroxylation is 2. The second kappa shape index (κ2) is 9.77. The lowest BCUT2D eigenvalue weighted by atomic mass is 10.1. The van der Waals surface area contributed by atoms with Gasteiger partial charge in [-0.05, 0) is 67.4 Å². The fraction of sp³-hybridized carbons (Fsp3) is 0.241. The van der Waals surface area contributed by atoms with Gasteiger partial charge < -0.3 is 19.5 Å². The SMILES string of the molecule is Cc1cc2c(CCC(=O)O)cccc2n1C(=O)c1ccc(OC[C@@H]2CN(C)c3ccccc3O2)cc1. The maximum atomic E-state index is 13.4. The molecule has 0 fully saturated rings. The van der Waals surface area contributed by atoms with Crippen LogP contribution in [0.4, 0.5) is 5.69 Å². The number of benzene rings is 3. The van der Waals surface area contributed by atoms with Crippen LogP contribution in [0.15, 0.2) is 72.8 Å². The van der Waals surface area contributed by atoms with Crippen LogP contribution in [-0.2, 0) is 11.2 Å². The van der Waals surface area contributed by atoms with E-state index in [0.29, 0.717) is 24.3 Å². The van der Waals surface area contributed by atoms with E-state index < -0.39 is 5.97 Å². The van der Waals surface area contributed by atoms with Crippen LogP contribution >= 0.6 is 0 Å². The lowest BCUT2D eigenvalue weighted by molar-refractivity contribution is -0.136. The summed E-state index contributed by atoms with van der Waals surface area (Å²) in [6.45, 7) is 3.00. The van der Waals surface area contributed by atoms with Crippen molar-refractivity contribution in [3.05, 3.63) is 89.6 Å². The molecule has 1 aliphatic rings. The highest BCUT2D eigenvalue weighted by Crippen LogP contribution is 2.32. The third-order valence-corrected chi connectivity index (χ3v) is 6.52. The van der Waals surface area contributed by atoms with Crippen LogP contribution < -0.4 is 14.4 Å². The molecule has 0 unspecified atom stereocenters. The maximum Gasteiger partial charge on any atom is 0.303 e. The Labute approximate surface area is 209 Å². The molecule has 2 heterocycles. The van der Waals surface area contributed by atoms with Gasteiger partial charge >= 0.3 is 5.97 Å². The summed E-state index contributed by atoms with van der Waals surface area (Å²) in [6.07, 6.45) is 0.367. The molecule has 0 aliphatic carbocycles. The molecule has 36 heavy (non-hydrogen) atoms. The van der Waals surface area contributed by atoms with Crippen LogP contribution in [0, 0.1) is 6.92 Å². The highest BCUT2D eigenvalue weighted by atomic mass is 16.5. The summed E-state index contributed by atoms with van der Waals surface area (Å²) >= 11 is 0. The van der Waals surface area contributed by atoms with Gasteiger partial charge in [-0.25, -0.2) is 0 Å². The predicted molar refractivity (Wildman–Crippen MR) is 138 cm³/mol. The van der Waals surface area contributed by atoms with Gasteiger partial charge in [-0.2, -0.15) is 0 Å².